The molecule has 0 N–H and O–H groups in total. The molecule has 0 saturated carbocycles. The zero-order valence-corrected chi connectivity index (χ0v) is 9.37. The molecule has 8 heteroatoms. The molecule has 0 atom stereocenters. The second-order valence-electron chi connectivity index (χ2n) is 4.20. The quantitative estimate of drug-likeness (QED) is 0.561. The first-order valence-corrected chi connectivity index (χ1v) is 5.21. The van der Waals surface area contributed by atoms with Crippen LogP contribution in [-0.2, 0) is 0 Å². The van der Waals surface area contributed by atoms with Gasteiger partial charge in [-0.2, -0.15) is 4.39 Å². The minimum absolute atomic E-state index is 0.207. The monoisotopic (exact) mass is 247 g/mol. The van der Waals surface area contributed by atoms with Crippen molar-refractivity contribution in [2.45, 2.75) is 11.3 Å². The van der Waals surface area contributed by atoms with E-state index < -0.39 is 34.5 Å². The van der Waals surface area contributed by atoms with Crippen molar-refractivity contribution in [2.24, 2.45) is 0 Å². The fourth-order valence-electron chi connectivity index (χ4n) is 1.61. The first-order valence-electron chi connectivity index (χ1n) is 5.21. The Kier molecular flexibility index (Phi) is 3.40. The molecule has 1 aromatic carbocycles. The molecule has 0 amide bonds. The van der Waals surface area contributed by atoms with Gasteiger partial charge < -0.3 is 9.64 Å². The minimum atomic E-state index is -1.50. The standard InChI is InChI=1S/C10H7B3F3NO/c11-10(12,13)17-3-5(4-17)18-9-7(15)2-1-6(14)8(9)16/h1-2,5H,3-4H2. The maximum absolute atomic E-state index is 13.3. The SMILES string of the molecule is [B]C([B])([B])N1CC(Oc2c(F)ccc(F)c2F)C1. The lowest BCUT2D eigenvalue weighted by Gasteiger charge is -2.48. The first kappa shape index (κ1) is 13.4. The van der Waals surface area contributed by atoms with E-state index in [1.165, 1.54) is 4.90 Å². The van der Waals surface area contributed by atoms with Crippen LogP contribution in [0.5, 0.6) is 5.75 Å². The fraction of sp³-hybridized carbons (Fsp3) is 0.400. The largest absolute Gasteiger partial charge is 0.482 e. The molecule has 2 nitrogen and oxygen atoms in total. The number of ether oxygens (including phenoxy) is 1. The topological polar surface area (TPSA) is 12.5 Å². The number of nitrogens with zero attached hydrogens (tertiary/aromatic N) is 1. The first-order chi connectivity index (χ1) is 8.29. The lowest BCUT2D eigenvalue weighted by atomic mass is 9.47. The summed E-state index contributed by atoms with van der Waals surface area (Å²) in [6.45, 7) is 0.414. The van der Waals surface area contributed by atoms with E-state index in [-0.39, 0.29) is 13.1 Å². The Balaban J connectivity index is 2.03. The highest BCUT2D eigenvalue weighted by molar-refractivity contribution is 6.59. The normalized spacial score (nSPS) is 17.5. The van der Waals surface area contributed by atoms with Crippen molar-refractivity contribution >= 4 is 23.5 Å². The highest BCUT2D eigenvalue weighted by Crippen LogP contribution is 2.27. The van der Waals surface area contributed by atoms with Gasteiger partial charge in [0.1, 0.15) is 6.10 Å². The second kappa shape index (κ2) is 4.57. The van der Waals surface area contributed by atoms with E-state index in [1.807, 2.05) is 0 Å². The molecule has 6 radical (unpaired) electrons. The third-order valence-electron chi connectivity index (χ3n) is 2.68. The maximum atomic E-state index is 13.3. The molecule has 1 fully saturated rings. The summed E-state index contributed by atoms with van der Waals surface area (Å²) >= 11 is 0. The Hall–Kier alpha value is -1.04. The van der Waals surface area contributed by atoms with E-state index in [2.05, 4.69) is 0 Å². The summed E-state index contributed by atoms with van der Waals surface area (Å²) in [5.74, 6) is -4.23. The molecule has 1 aliphatic rings. The highest BCUT2D eigenvalue weighted by atomic mass is 19.2. The zero-order chi connectivity index (χ0) is 13.5. The van der Waals surface area contributed by atoms with Crippen LogP contribution in [0.25, 0.3) is 0 Å². The van der Waals surface area contributed by atoms with Gasteiger partial charge in [0.25, 0.3) is 0 Å². The molecule has 88 valence electrons. The molecule has 1 aromatic rings. The van der Waals surface area contributed by atoms with Gasteiger partial charge in [-0.15, -0.1) is 0 Å². The summed E-state index contributed by atoms with van der Waals surface area (Å²) < 4.78 is 44.5. The summed E-state index contributed by atoms with van der Waals surface area (Å²) in [7, 11) is 16.2. The van der Waals surface area contributed by atoms with Crippen LogP contribution in [0, 0.1) is 17.5 Å². The predicted molar refractivity (Wildman–Crippen MR) is 62.3 cm³/mol. The molecular formula is C10H7B3F3NO. The molecule has 0 bridgehead atoms. The van der Waals surface area contributed by atoms with Gasteiger partial charge in [-0.25, -0.2) is 8.78 Å². The van der Waals surface area contributed by atoms with Crippen molar-refractivity contribution in [1.29, 1.82) is 0 Å². The van der Waals surface area contributed by atoms with E-state index in [1.54, 1.807) is 0 Å². The van der Waals surface area contributed by atoms with Crippen molar-refractivity contribution in [1.82, 2.24) is 4.90 Å². The van der Waals surface area contributed by atoms with E-state index >= 15 is 0 Å². The molecule has 1 saturated heterocycles. The maximum Gasteiger partial charge on any atom is 0.203 e. The number of halogens is 3. The van der Waals surface area contributed by atoms with Crippen molar-refractivity contribution in [3.05, 3.63) is 29.6 Å². The summed E-state index contributed by atoms with van der Waals surface area (Å²) in [6, 6.07) is 1.48. The third kappa shape index (κ3) is 2.53. The van der Waals surface area contributed by atoms with Crippen LogP contribution in [0.4, 0.5) is 13.2 Å². The average Bonchev–Trinajstić information content (AvgIpc) is 2.19. The molecule has 0 aromatic heterocycles. The van der Waals surface area contributed by atoms with Crippen molar-refractivity contribution in [2.75, 3.05) is 13.1 Å². The number of likely N-dealkylation sites (tertiary alicyclic amines) is 1. The summed E-state index contributed by atoms with van der Waals surface area (Å²) in [5, 5.41) is -1.50. The van der Waals surface area contributed by atoms with Crippen molar-refractivity contribution in [3.63, 3.8) is 0 Å². The van der Waals surface area contributed by atoms with E-state index in [4.69, 9.17) is 28.3 Å². The van der Waals surface area contributed by atoms with Gasteiger partial charge in [0.15, 0.2) is 17.4 Å². The number of hydrogen-bond donors (Lipinski definition) is 0. The van der Waals surface area contributed by atoms with Crippen LogP contribution in [0.3, 0.4) is 0 Å². The number of benzene rings is 1. The van der Waals surface area contributed by atoms with Crippen LogP contribution < -0.4 is 4.74 Å². The Bertz CT molecular complexity index is 460. The summed E-state index contributed by atoms with van der Waals surface area (Å²) in [4.78, 5) is 1.45. The smallest absolute Gasteiger partial charge is 0.203 e. The molecule has 1 heterocycles. The average molecular weight is 247 g/mol. The lowest BCUT2D eigenvalue weighted by molar-refractivity contribution is 0.0118. The fourth-order valence-corrected chi connectivity index (χ4v) is 1.61. The van der Waals surface area contributed by atoms with Gasteiger partial charge in [-0.1, -0.05) is 5.24 Å². The minimum Gasteiger partial charge on any atom is -0.482 e. The van der Waals surface area contributed by atoms with Crippen LogP contribution in [0.1, 0.15) is 0 Å². The van der Waals surface area contributed by atoms with Gasteiger partial charge >= 0.3 is 0 Å². The van der Waals surface area contributed by atoms with Crippen LogP contribution in [0.2, 0.25) is 0 Å². The van der Waals surface area contributed by atoms with Gasteiger partial charge in [0, 0.05) is 13.1 Å². The van der Waals surface area contributed by atoms with Gasteiger partial charge in [0.05, 0.1) is 23.5 Å². The molecule has 2 rings (SSSR count). The highest BCUT2D eigenvalue weighted by Gasteiger charge is 2.35. The Morgan fingerprint density at radius 1 is 1.11 bits per heavy atom. The molecule has 18 heavy (non-hydrogen) atoms. The van der Waals surface area contributed by atoms with Crippen LogP contribution >= 0.6 is 0 Å². The summed E-state index contributed by atoms with van der Waals surface area (Å²) in [5.41, 5.74) is 0. The van der Waals surface area contributed by atoms with Crippen LogP contribution in [-0.4, -0.2) is 52.9 Å². The van der Waals surface area contributed by atoms with Crippen LogP contribution in [0.15, 0.2) is 12.1 Å². The number of rotatable bonds is 3. The van der Waals surface area contributed by atoms with Gasteiger partial charge in [0.2, 0.25) is 5.82 Å². The molecule has 1 aliphatic heterocycles. The summed E-state index contributed by atoms with van der Waals surface area (Å²) in [6.07, 6.45) is -0.536. The van der Waals surface area contributed by atoms with Crippen molar-refractivity contribution in [3.8, 4) is 5.75 Å². The van der Waals surface area contributed by atoms with E-state index in [0.717, 1.165) is 6.07 Å². The Labute approximate surface area is 107 Å². The molecule has 0 aliphatic carbocycles. The lowest BCUT2D eigenvalue weighted by Crippen LogP contribution is -2.65. The predicted octanol–water partition coefficient (Wildman–Crippen LogP) is 0.284. The van der Waals surface area contributed by atoms with Gasteiger partial charge in [-0.05, 0) is 12.1 Å². The molecular weight excluding hydrogens is 240 g/mol. The van der Waals surface area contributed by atoms with E-state index in [0.29, 0.717) is 6.07 Å². The van der Waals surface area contributed by atoms with E-state index in [9.17, 15) is 13.2 Å². The second-order valence-corrected chi connectivity index (χ2v) is 4.20. The third-order valence-corrected chi connectivity index (χ3v) is 2.68. The zero-order valence-electron chi connectivity index (χ0n) is 9.37. The Morgan fingerprint density at radius 3 is 2.22 bits per heavy atom. The van der Waals surface area contributed by atoms with Gasteiger partial charge in [-0.3, -0.25) is 0 Å². The Morgan fingerprint density at radius 2 is 1.67 bits per heavy atom. The number of hydrogen-bond acceptors (Lipinski definition) is 2. The van der Waals surface area contributed by atoms with Crippen molar-refractivity contribution < 1.29 is 17.9 Å². The molecule has 0 spiro atoms. The molecule has 0 unspecified atom stereocenters.